The van der Waals surface area contributed by atoms with E-state index in [-0.39, 0.29) is 11.7 Å². The van der Waals surface area contributed by atoms with Crippen LogP contribution in [0, 0.1) is 6.92 Å². The number of hydrogen-bond donors (Lipinski definition) is 3. The lowest BCUT2D eigenvalue weighted by Crippen LogP contribution is -2.47. The van der Waals surface area contributed by atoms with Crippen molar-refractivity contribution in [2.24, 2.45) is 0 Å². The summed E-state index contributed by atoms with van der Waals surface area (Å²) in [5.41, 5.74) is 6.75. The molecule has 1 aromatic heterocycles. The predicted octanol–water partition coefficient (Wildman–Crippen LogP) is 1.80. The normalized spacial score (nSPS) is 10.8. The quantitative estimate of drug-likeness (QED) is 0.440. The second-order valence-corrected chi connectivity index (χ2v) is 5.95. The van der Waals surface area contributed by atoms with Crippen molar-refractivity contribution in [1.82, 2.24) is 21.1 Å². The smallest absolute Gasteiger partial charge is 0.305 e. The molecule has 0 saturated heterocycles. The van der Waals surface area contributed by atoms with Gasteiger partial charge < -0.3 is 14.6 Å². The van der Waals surface area contributed by atoms with Crippen LogP contribution in [0.15, 0.2) is 28.7 Å². The fourth-order valence-corrected chi connectivity index (χ4v) is 2.36. The number of nitrogens with zero attached hydrogens (tertiary/aromatic N) is 1. The molecular formula is C16H22N4O2S. The molecule has 3 N–H and O–H groups in total. The second kappa shape index (κ2) is 7.94. The SMILES string of the molecule is Cc1c(C(=O)NNC(=S)NCCCN(C)C)oc2ccccc12. The minimum Gasteiger partial charge on any atom is -0.451 e. The molecule has 6 nitrogen and oxygen atoms in total. The average molecular weight is 334 g/mol. The molecule has 2 rings (SSSR count). The number of hydrazine groups is 1. The maximum Gasteiger partial charge on any atom is 0.305 e. The fraction of sp³-hybridized carbons (Fsp3) is 0.375. The van der Waals surface area contributed by atoms with Crippen LogP contribution in [0.2, 0.25) is 0 Å². The minimum atomic E-state index is -0.351. The number of hydrogen-bond acceptors (Lipinski definition) is 4. The van der Waals surface area contributed by atoms with Crippen LogP contribution in [-0.2, 0) is 0 Å². The minimum absolute atomic E-state index is 0.286. The Labute approximate surface area is 141 Å². The van der Waals surface area contributed by atoms with E-state index in [0.717, 1.165) is 30.5 Å². The molecule has 1 amide bonds. The van der Waals surface area contributed by atoms with E-state index in [1.165, 1.54) is 0 Å². The monoisotopic (exact) mass is 334 g/mol. The number of carbonyl (C=O) groups excluding carboxylic acids is 1. The molecule has 0 aliphatic heterocycles. The van der Waals surface area contributed by atoms with Gasteiger partial charge in [-0.25, -0.2) is 0 Å². The Morgan fingerprint density at radius 2 is 2.00 bits per heavy atom. The van der Waals surface area contributed by atoms with Crippen LogP contribution in [0.5, 0.6) is 0 Å². The maximum absolute atomic E-state index is 12.2. The number of nitrogens with one attached hydrogen (secondary N) is 3. The highest BCUT2D eigenvalue weighted by Crippen LogP contribution is 2.24. The van der Waals surface area contributed by atoms with Gasteiger partial charge in [0.2, 0.25) is 0 Å². The lowest BCUT2D eigenvalue weighted by atomic mass is 10.1. The molecule has 0 fully saturated rings. The molecule has 0 unspecified atom stereocenters. The van der Waals surface area contributed by atoms with Gasteiger partial charge in [-0.05, 0) is 52.3 Å². The zero-order valence-electron chi connectivity index (χ0n) is 13.6. The number of amides is 1. The van der Waals surface area contributed by atoms with Crippen molar-refractivity contribution in [3.63, 3.8) is 0 Å². The predicted molar refractivity (Wildman–Crippen MR) is 95.3 cm³/mol. The van der Waals surface area contributed by atoms with Crippen LogP contribution in [0.25, 0.3) is 11.0 Å². The van der Waals surface area contributed by atoms with Crippen LogP contribution < -0.4 is 16.2 Å². The summed E-state index contributed by atoms with van der Waals surface area (Å²) < 4.78 is 5.60. The molecule has 0 saturated carbocycles. The van der Waals surface area contributed by atoms with E-state index in [9.17, 15) is 4.79 Å². The molecule has 1 heterocycles. The first-order valence-electron chi connectivity index (χ1n) is 7.46. The first-order valence-corrected chi connectivity index (χ1v) is 7.87. The molecule has 0 aliphatic carbocycles. The standard InChI is InChI=1S/C16H22N4O2S/c1-11-12-7-4-5-8-13(12)22-14(11)15(21)18-19-16(23)17-9-6-10-20(2)3/h4-5,7-8H,6,9-10H2,1-3H3,(H,18,21)(H2,17,19,23). The molecule has 1 aromatic carbocycles. The largest absolute Gasteiger partial charge is 0.451 e. The van der Waals surface area contributed by atoms with E-state index in [0.29, 0.717) is 10.7 Å². The number of benzene rings is 1. The highest BCUT2D eigenvalue weighted by molar-refractivity contribution is 7.80. The summed E-state index contributed by atoms with van der Waals surface area (Å²) in [6, 6.07) is 7.55. The Balaban J connectivity index is 1.84. The van der Waals surface area contributed by atoms with Crippen molar-refractivity contribution in [3.8, 4) is 0 Å². The summed E-state index contributed by atoms with van der Waals surface area (Å²) in [5.74, 6) is -0.0646. The van der Waals surface area contributed by atoms with Gasteiger partial charge in [-0.2, -0.15) is 0 Å². The van der Waals surface area contributed by atoms with Gasteiger partial charge in [0.05, 0.1) is 0 Å². The van der Waals surface area contributed by atoms with Gasteiger partial charge >= 0.3 is 5.91 Å². The summed E-state index contributed by atoms with van der Waals surface area (Å²) in [4.78, 5) is 14.3. The molecule has 23 heavy (non-hydrogen) atoms. The zero-order chi connectivity index (χ0) is 16.8. The third-order valence-corrected chi connectivity index (χ3v) is 3.65. The van der Waals surface area contributed by atoms with Crippen molar-refractivity contribution >= 4 is 34.2 Å². The molecule has 7 heteroatoms. The van der Waals surface area contributed by atoms with Crippen LogP contribution in [0.4, 0.5) is 0 Å². The summed E-state index contributed by atoms with van der Waals surface area (Å²) in [6.45, 7) is 3.57. The van der Waals surface area contributed by atoms with Gasteiger partial charge in [-0.3, -0.25) is 15.6 Å². The van der Waals surface area contributed by atoms with Gasteiger partial charge in [0, 0.05) is 17.5 Å². The first-order chi connectivity index (χ1) is 11.0. The number of para-hydroxylation sites is 1. The number of carbonyl (C=O) groups is 1. The lowest BCUT2D eigenvalue weighted by molar-refractivity contribution is 0.0917. The number of rotatable bonds is 5. The fourth-order valence-electron chi connectivity index (χ4n) is 2.20. The third-order valence-electron chi connectivity index (χ3n) is 3.41. The Bertz CT molecular complexity index is 696. The van der Waals surface area contributed by atoms with Crippen molar-refractivity contribution in [2.45, 2.75) is 13.3 Å². The van der Waals surface area contributed by atoms with E-state index in [1.54, 1.807) is 0 Å². The topological polar surface area (TPSA) is 69.5 Å². The summed E-state index contributed by atoms with van der Waals surface area (Å²) in [7, 11) is 4.04. The van der Waals surface area contributed by atoms with Crippen molar-refractivity contribution in [1.29, 1.82) is 0 Å². The third kappa shape index (κ3) is 4.67. The molecule has 0 atom stereocenters. The Morgan fingerprint density at radius 1 is 1.26 bits per heavy atom. The summed E-state index contributed by atoms with van der Waals surface area (Å²) in [6.07, 6.45) is 0.964. The molecule has 124 valence electrons. The molecular weight excluding hydrogens is 312 g/mol. The number of aryl methyl sites for hydroxylation is 1. The van der Waals surface area contributed by atoms with Crippen LogP contribution in [0.1, 0.15) is 22.5 Å². The Kier molecular flexibility index (Phi) is 5.95. The van der Waals surface area contributed by atoms with E-state index in [2.05, 4.69) is 21.1 Å². The number of furan rings is 1. The van der Waals surface area contributed by atoms with E-state index < -0.39 is 0 Å². The molecule has 0 aliphatic rings. The van der Waals surface area contributed by atoms with Crippen molar-refractivity contribution < 1.29 is 9.21 Å². The molecule has 0 radical (unpaired) electrons. The van der Waals surface area contributed by atoms with E-state index in [4.69, 9.17) is 16.6 Å². The van der Waals surface area contributed by atoms with E-state index >= 15 is 0 Å². The molecule has 0 spiro atoms. The average Bonchev–Trinajstić information content (AvgIpc) is 2.86. The highest BCUT2D eigenvalue weighted by atomic mass is 32.1. The Morgan fingerprint density at radius 3 is 2.70 bits per heavy atom. The van der Waals surface area contributed by atoms with E-state index in [1.807, 2.05) is 45.3 Å². The second-order valence-electron chi connectivity index (χ2n) is 5.54. The van der Waals surface area contributed by atoms with Gasteiger partial charge in [-0.1, -0.05) is 18.2 Å². The molecule has 0 bridgehead atoms. The highest BCUT2D eigenvalue weighted by Gasteiger charge is 2.17. The van der Waals surface area contributed by atoms with Gasteiger partial charge in [0.1, 0.15) is 5.58 Å². The van der Waals surface area contributed by atoms with Crippen molar-refractivity contribution in [3.05, 3.63) is 35.6 Å². The van der Waals surface area contributed by atoms with Gasteiger partial charge in [0.25, 0.3) is 0 Å². The Hall–Kier alpha value is -2.12. The first kappa shape index (κ1) is 17.2. The van der Waals surface area contributed by atoms with Gasteiger partial charge in [0.15, 0.2) is 10.9 Å². The van der Waals surface area contributed by atoms with Crippen LogP contribution in [0.3, 0.4) is 0 Å². The maximum atomic E-state index is 12.2. The van der Waals surface area contributed by atoms with Crippen molar-refractivity contribution in [2.75, 3.05) is 27.2 Å². The van der Waals surface area contributed by atoms with Crippen LogP contribution in [-0.4, -0.2) is 43.1 Å². The van der Waals surface area contributed by atoms with Crippen LogP contribution >= 0.6 is 12.2 Å². The summed E-state index contributed by atoms with van der Waals surface area (Å²) in [5, 5.41) is 4.35. The summed E-state index contributed by atoms with van der Waals surface area (Å²) >= 11 is 5.12. The number of fused-ring (bicyclic) bond motifs is 1. The number of thiocarbonyl (C=S) groups is 1. The molecule has 2 aromatic rings. The lowest BCUT2D eigenvalue weighted by Gasteiger charge is -2.12. The zero-order valence-corrected chi connectivity index (χ0v) is 14.4. The van der Waals surface area contributed by atoms with Gasteiger partial charge in [-0.15, -0.1) is 0 Å².